The molecule has 0 radical (unpaired) electrons. The second kappa shape index (κ2) is 9.47. The number of para-hydroxylation sites is 1. The van der Waals surface area contributed by atoms with E-state index < -0.39 is 6.61 Å². The number of hydrogen-bond donors (Lipinski definition) is 1. The molecule has 0 saturated carbocycles. The largest absolute Gasteiger partial charge is 0.434 e. The molecule has 0 unspecified atom stereocenters. The number of hydrogen-bond acceptors (Lipinski definition) is 3. The van der Waals surface area contributed by atoms with Gasteiger partial charge in [-0.2, -0.15) is 8.78 Å². The minimum Gasteiger partial charge on any atom is -0.434 e. The summed E-state index contributed by atoms with van der Waals surface area (Å²) in [6, 6.07) is 6.81. The third-order valence-electron chi connectivity index (χ3n) is 3.03. The number of benzene rings is 1. The second-order valence-electron chi connectivity index (χ2n) is 4.96. The zero-order valence-corrected chi connectivity index (χ0v) is 12.7. The van der Waals surface area contributed by atoms with Gasteiger partial charge in [-0.25, -0.2) is 0 Å². The zero-order valence-electron chi connectivity index (χ0n) is 12.7. The quantitative estimate of drug-likeness (QED) is 0.707. The number of ether oxygens (including phenoxy) is 2. The summed E-state index contributed by atoms with van der Waals surface area (Å²) in [5.74, 6) is 0.502. The third kappa shape index (κ3) is 6.69. The van der Waals surface area contributed by atoms with Crippen LogP contribution in [0, 0.1) is 5.92 Å². The molecular weight excluding hydrogens is 276 g/mol. The normalized spacial score (nSPS) is 12.2. The van der Waals surface area contributed by atoms with Crippen LogP contribution in [-0.2, 0) is 4.74 Å². The van der Waals surface area contributed by atoms with Crippen molar-refractivity contribution in [3.8, 4) is 5.75 Å². The first-order chi connectivity index (χ1) is 10.0. The minimum atomic E-state index is -2.82. The van der Waals surface area contributed by atoms with E-state index in [1.54, 1.807) is 31.4 Å². The van der Waals surface area contributed by atoms with Crippen molar-refractivity contribution >= 4 is 6.08 Å². The van der Waals surface area contributed by atoms with Crippen molar-refractivity contribution in [2.45, 2.75) is 20.5 Å². The van der Waals surface area contributed by atoms with Gasteiger partial charge in [-0.1, -0.05) is 43.7 Å². The van der Waals surface area contributed by atoms with Crippen molar-refractivity contribution in [3.05, 3.63) is 35.4 Å². The molecule has 1 aromatic rings. The van der Waals surface area contributed by atoms with E-state index in [1.807, 2.05) is 6.08 Å². The highest BCUT2D eigenvalue weighted by Crippen LogP contribution is 2.24. The Morgan fingerprint density at radius 1 is 1.29 bits per heavy atom. The van der Waals surface area contributed by atoms with Crippen LogP contribution >= 0.6 is 0 Å². The highest BCUT2D eigenvalue weighted by molar-refractivity contribution is 5.60. The van der Waals surface area contributed by atoms with Crippen LogP contribution in [0.25, 0.3) is 6.08 Å². The summed E-state index contributed by atoms with van der Waals surface area (Å²) in [6.45, 7) is 3.39. The van der Waals surface area contributed by atoms with Crippen LogP contribution in [0.15, 0.2) is 29.8 Å². The standard InChI is InChI=1S/C16H23F2NO2/c1-12(2)14(11-19-8-9-20-3)10-13-6-4-5-7-15(13)21-16(17)18/h4-7,10,12,16,19H,8-9,11H2,1-3H3. The predicted octanol–water partition coefficient (Wildman–Crippen LogP) is 3.56. The fraction of sp³-hybridized carbons (Fsp3) is 0.500. The van der Waals surface area contributed by atoms with Gasteiger partial charge in [0.25, 0.3) is 0 Å². The molecule has 0 aromatic heterocycles. The highest BCUT2D eigenvalue weighted by Gasteiger charge is 2.10. The van der Waals surface area contributed by atoms with Gasteiger partial charge >= 0.3 is 6.61 Å². The summed E-state index contributed by atoms with van der Waals surface area (Å²) in [6.07, 6.45) is 1.90. The molecule has 118 valence electrons. The summed E-state index contributed by atoms with van der Waals surface area (Å²) >= 11 is 0. The molecule has 0 atom stereocenters. The smallest absolute Gasteiger partial charge is 0.387 e. The average Bonchev–Trinajstić information content (AvgIpc) is 2.43. The molecule has 0 bridgehead atoms. The topological polar surface area (TPSA) is 30.5 Å². The van der Waals surface area contributed by atoms with Crippen LogP contribution in [0.2, 0.25) is 0 Å². The SMILES string of the molecule is COCCNCC(=Cc1ccccc1OC(F)F)C(C)C. The number of alkyl halides is 2. The van der Waals surface area contributed by atoms with Crippen LogP contribution in [0.4, 0.5) is 8.78 Å². The van der Waals surface area contributed by atoms with Crippen LogP contribution in [0.3, 0.4) is 0 Å². The predicted molar refractivity (Wildman–Crippen MR) is 80.6 cm³/mol. The van der Waals surface area contributed by atoms with E-state index in [0.717, 1.165) is 12.1 Å². The lowest BCUT2D eigenvalue weighted by atomic mass is 10.00. The van der Waals surface area contributed by atoms with E-state index in [1.165, 1.54) is 0 Å². The summed E-state index contributed by atoms with van der Waals surface area (Å²) in [7, 11) is 1.65. The maximum Gasteiger partial charge on any atom is 0.387 e. The van der Waals surface area contributed by atoms with Crippen LogP contribution in [-0.4, -0.2) is 33.4 Å². The molecule has 0 heterocycles. The van der Waals surface area contributed by atoms with Crippen molar-refractivity contribution in [1.82, 2.24) is 5.32 Å². The Morgan fingerprint density at radius 2 is 2.00 bits per heavy atom. The van der Waals surface area contributed by atoms with Crippen molar-refractivity contribution in [2.24, 2.45) is 5.92 Å². The van der Waals surface area contributed by atoms with Gasteiger partial charge in [0.05, 0.1) is 6.61 Å². The molecule has 0 saturated heterocycles. The molecular formula is C16H23F2NO2. The Kier molecular flexibility index (Phi) is 7.93. The third-order valence-corrected chi connectivity index (χ3v) is 3.03. The molecule has 0 spiro atoms. The fourth-order valence-corrected chi connectivity index (χ4v) is 1.83. The molecule has 0 amide bonds. The van der Waals surface area contributed by atoms with Gasteiger partial charge in [-0.3, -0.25) is 0 Å². The van der Waals surface area contributed by atoms with Gasteiger partial charge in [0.2, 0.25) is 0 Å². The molecule has 21 heavy (non-hydrogen) atoms. The molecule has 0 aliphatic carbocycles. The Hall–Kier alpha value is -1.46. The van der Waals surface area contributed by atoms with E-state index in [9.17, 15) is 8.78 Å². The number of rotatable bonds is 9. The van der Waals surface area contributed by atoms with Gasteiger partial charge in [0.15, 0.2) is 0 Å². The molecule has 0 aliphatic heterocycles. The average molecular weight is 299 g/mol. The summed E-state index contributed by atoms with van der Waals surface area (Å²) in [5.41, 5.74) is 1.78. The Bertz CT molecular complexity index is 448. The second-order valence-corrected chi connectivity index (χ2v) is 4.96. The fourth-order valence-electron chi connectivity index (χ4n) is 1.83. The van der Waals surface area contributed by atoms with E-state index in [0.29, 0.717) is 24.6 Å². The molecule has 0 aliphatic rings. The summed E-state index contributed by atoms with van der Waals surface area (Å²) in [4.78, 5) is 0. The Morgan fingerprint density at radius 3 is 2.62 bits per heavy atom. The minimum absolute atomic E-state index is 0.197. The van der Waals surface area contributed by atoms with Crippen LogP contribution in [0.1, 0.15) is 19.4 Å². The number of halogens is 2. The van der Waals surface area contributed by atoms with Crippen LogP contribution < -0.4 is 10.1 Å². The van der Waals surface area contributed by atoms with Crippen molar-refractivity contribution < 1.29 is 18.3 Å². The van der Waals surface area contributed by atoms with Crippen molar-refractivity contribution in [2.75, 3.05) is 26.8 Å². The highest BCUT2D eigenvalue weighted by atomic mass is 19.3. The maximum atomic E-state index is 12.4. The number of nitrogens with one attached hydrogen (secondary N) is 1. The van der Waals surface area contributed by atoms with Crippen molar-refractivity contribution in [3.63, 3.8) is 0 Å². The van der Waals surface area contributed by atoms with E-state index >= 15 is 0 Å². The van der Waals surface area contributed by atoms with Gasteiger partial charge in [0.1, 0.15) is 5.75 Å². The molecule has 1 rings (SSSR count). The first-order valence-electron chi connectivity index (χ1n) is 6.98. The van der Waals surface area contributed by atoms with E-state index in [4.69, 9.17) is 4.74 Å². The monoisotopic (exact) mass is 299 g/mol. The zero-order chi connectivity index (χ0) is 15.7. The summed E-state index contributed by atoms with van der Waals surface area (Å²) < 4.78 is 34.4. The summed E-state index contributed by atoms with van der Waals surface area (Å²) in [5, 5.41) is 3.27. The Balaban J connectivity index is 2.84. The lowest BCUT2D eigenvalue weighted by molar-refractivity contribution is -0.0499. The first-order valence-corrected chi connectivity index (χ1v) is 6.98. The molecule has 0 fully saturated rings. The first kappa shape index (κ1) is 17.6. The number of methoxy groups -OCH3 is 1. The van der Waals surface area contributed by atoms with Gasteiger partial charge in [0, 0.05) is 25.8 Å². The molecule has 1 aromatic carbocycles. The van der Waals surface area contributed by atoms with Gasteiger partial charge in [-0.05, 0) is 12.0 Å². The molecule has 5 heteroatoms. The lowest BCUT2D eigenvalue weighted by Gasteiger charge is -2.14. The van der Waals surface area contributed by atoms with Gasteiger partial charge in [-0.15, -0.1) is 0 Å². The molecule has 1 N–H and O–H groups in total. The maximum absolute atomic E-state index is 12.4. The molecule has 3 nitrogen and oxygen atoms in total. The lowest BCUT2D eigenvalue weighted by Crippen LogP contribution is -2.23. The Labute approximate surface area is 124 Å². The van der Waals surface area contributed by atoms with E-state index in [-0.39, 0.29) is 5.75 Å². The van der Waals surface area contributed by atoms with Crippen LogP contribution in [0.5, 0.6) is 5.75 Å². The van der Waals surface area contributed by atoms with Gasteiger partial charge < -0.3 is 14.8 Å². The van der Waals surface area contributed by atoms with E-state index in [2.05, 4.69) is 23.9 Å². The van der Waals surface area contributed by atoms with Crippen molar-refractivity contribution in [1.29, 1.82) is 0 Å².